The molecule has 212 valence electrons. The van der Waals surface area contributed by atoms with Crippen LogP contribution in [0.1, 0.15) is 49.3 Å². The van der Waals surface area contributed by atoms with E-state index < -0.39 is 20.2 Å². The second kappa shape index (κ2) is 13.9. The van der Waals surface area contributed by atoms with Gasteiger partial charge in [0.2, 0.25) is 0 Å². The number of hydrogen-bond acceptors (Lipinski definition) is 6. The minimum Gasteiger partial charge on any atom is -0.372 e. The Morgan fingerprint density at radius 2 is 0.949 bits per heavy atom. The summed E-state index contributed by atoms with van der Waals surface area (Å²) in [6.45, 7) is 6.50. The van der Waals surface area contributed by atoms with E-state index in [1.165, 1.54) is 0 Å². The quantitative estimate of drug-likeness (QED) is 0.191. The molecule has 0 bridgehead atoms. The molecular formula is C29H38N2O6S2. The molecule has 0 amide bonds. The van der Waals surface area contributed by atoms with Crippen molar-refractivity contribution in [3.8, 4) is 0 Å². The highest BCUT2D eigenvalue weighted by Crippen LogP contribution is 2.34. The Hall–Kier alpha value is -2.92. The van der Waals surface area contributed by atoms with Crippen LogP contribution in [0.2, 0.25) is 0 Å². The Morgan fingerprint density at radius 3 is 1.28 bits per heavy atom. The predicted octanol–water partition coefficient (Wildman–Crippen LogP) is 5.08. The molecule has 0 atom stereocenters. The lowest BCUT2D eigenvalue weighted by Gasteiger charge is -2.26. The summed E-state index contributed by atoms with van der Waals surface area (Å²) >= 11 is 0. The van der Waals surface area contributed by atoms with Crippen LogP contribution in [0.15, 0.2) is 78.9 Å². The Morgan fingerprint density at radius 1 is 0.590 bits per heavy atom. The average Bonchev–Trinajstić information content (AvgIpc) is 2.90. The Balaban J connectivity index is 1.83. The molecule has 3 aromatic carbocycles. The van der Waals surface area contributed by atoms with E-state index in [1.54, 1.807) is 0 Å². The van der Waals surface area contributed by atoms with Crippen LogP contribution in [0, 0.1) is 0 Å². The first kappa shape index (κ1) is 30.6. The fourth-order valence-electron chi connectivity index (χ4n) is 4.79. The zero-order valence-corrected chi connectivity index (χ0v) is 24.1. The standard InChI is InChI=1S/C29H38N2O6S2/c1-3-30(20-8-22-38(32,33)34)27-16-12-25(13-17-27)29(24-10-6-5-7-11-24)26-14-18-28(19-15-26)31(4-2)21-9-23-39(35,36)37/h5-7,10-19,29H,3-4,8-9,20-23H2,1-2H3,(H,32,33,34)(H,35,36,37). The minimum absolute atomic E-state index is 0.00137. The summed E-state index contributed by atoms with van der Waals surface area (Å²) in [6.07, 6.45) is 0.690. The molecule has 0 aliphatic carbocycles. The van der Waals surface area contributed by atoms with Crippen LogP contribution in [0.4, 0.5) is 11.4 Å². The van der Waals surface area contributed by atoms with Gasteiger partial charge < -0.3 is 9.80 Å². The summed E-state index contributed by atoms with van der Waals surface area (Å²) in [4.78, 5) is 4.17. The van der Waals surface area contributed by atoms with E-state index in [0.717, 1.165) is 28.1 Å². The van der Waals surface area contributed by atoms with Crippen LogP contribution in [0.3, 0.4) is 0 Å². The molecule has 3 aromatic rings. The van der Waals surface area contributed by atoms with Gasteiger partial charge in [0.05, 0.1) is 11.5 Å². The van der Waals surface area contributed by atoms with Crippen LogP contribution in [0.5, 0.6) is 0 Å². The van der Waals surface area contributed by atoms with Crippen molar-refractivity contribution in [1.29, 1.82) is 0 Å². The Bertz CT molecular complexity index is 1290. The summed E-state index contributed by atoms with van der Waals surface area (Å²) < 4.78 is 62.4. The van der Waals surface area contributed by atoms with Crippen LogP contribution in [-0.4, -0.2) is 63.6 Å². The third-order valence-corrected chi connectivity index (χ3v) is 8.35. The fraction of sp³-hybridized carbons (Fsp3) is 0.379. The highest BCUT2D eigenvalue weighted by molar-refractivity contribution is 7.86. The van der Waals surface area contributed by atoms with Crippen molar-refractivity contribution in [2.24, 2.45) is 0 Å². The second-order valence-corrected chi connectivity index (χ2v) is 12.6. The monoisotopic (exact) mass is 574 g/mol. The maximum Gasteiger partial charge on any atom is 0.264 e. The molecule has 0 aliphatic heterocycles. The predicted molar refractivity (Wildman–Crippen MR) is 158 cm³/mol. The van der Waals surface area contributed by atoms with Crippen molar-refractivity contribution in [3.63, 3.8) is 0 Å². The number of nitrogens with zero attached hydrogens (tertiary/aromatic N) is 2. The summed E-state index contributed by atoms with van der Waals surface area (Å²) in [5, 5.41) is 0. The van der Waals surface area contributed by atoms with Crippen molar-refractivity contribution in [2.45, 2.75) is 32.6 Å². The topological polar surface area (TPSA) is 115 Å². The molecule has 0 radical (unpaired) electrons. The number of hydrogen-bond donors (Lipinski definition) is 2. The Kier molecular flexibility index (Phi) is 10.9. The zero-order valence-electron chi connectivity index (χ0n) is 22.5. The molecule has 0 saturated heterocycles. The van der Waals surface area contributed by atoms with Gasteiger partial charge in [-0.2, -0.15) is 16.8 Å². The first-order valence-electron chi connectivity index (χ1n) is 13.2. The van der Waals surface area contributed by atoms with E-state index in [4.69, 9.17) is 9.11 Å². The van der Waals surface area contributed by atoms with Crippen molar-refractivity contribution >= 4 is 31.6 Å². The average molecular weight is 575 g/mol. The molecule has 0 heterocycles. The molecule has 0 fully saturated rings. The van der Waals surface area contributed by atoms with Gasteiger partial charge in [-0.05, 0) is 67.6 Å². The van der Waals surface area contributed by atoms with Crippen molar-refractivity contribution < 1.29 is 25.9 Å². The maximum atomic E-state index is 11.1. The van der Waals surface area contributed by atoms with Gasteiger partial charge in [0.1, 0.15) is 0 Å². The van der Waals surface area contributed by atoms with Gasteiger partial charge in [0, 0.05) is 43.5 Å². The lowest BCUT2D eigenvalue weighted by Crippen LogP contribution is -2.25. The van der Waals surface area contributed by atoms with Gasteiger partial charge in [-0.15, -0.1) is 0 Å². The van der Waals surface area contributed by atoms with Crippen LogP contribution < -0.4 is 9.80 Å². The van der Waals surface area contributed by atoms with Gasteiger partial charge in [-0.25, -0.2) is 0 Å². The summed E-state index contributed by atoms with van der Waals surface area (Å²) in [6, 6.07) is 26.8. The SMILES string of the molecule is CCN(CCCS(=O)(=O)O)c1ccc(C(c2ccccc2)c2ccc(N(CC)CCCS(=O)(=O)O)cc2)cc1. The highest BCUT2D eigenvalue weighted by atomic mass is 32.2. The van der Waals surface area contributed by atoms with Crippen molar-refractivity contribution in [3.05, 3.63) is 95.6 Å². The van der Waals surface area contributed by atoms with Crippen LogP contribution in [-0.2, 0) is 20.2 Å². The summed E-state index contributed by atoms with van der Waals surface area (Å²) in [5.41, 5.74) is 5.36. The molecule has 0 unspecified atom stereocenters. The fourth-order valence-corrected chi connectivity index (χ4v) is 5.78. The van der Waals surface area contributed by atoms with E-state index in [2.05, 4.69) is 46.2 Å². The summed E-state index contributed by atoms with van der Waals surface area (Å²) in [5.74, 6) is -0.522. The van der Waals surface area contributed by atoms with E-state index >= 15 is 0 Å². The summed E-state index contributed by atoms with van der Waals surface area (Å²) in [7, 11) is -7.95. The van der Waals surface area contributed by atoms with Crippen molar-refractivity contribution in [1.82, 2.24) is 0 Å². The van der Waals surface area contributed by atoms with Crippen LogP contribution >= 0.6 is 0 Å². The van der Waals surface area contributed by atoms with E-state index in [0.29, 0.717) is 39.0 Å². The van der Waals surface area contributed by atoms with E-state index in [-0.39, 0.29) is 17.4 Å². The molecule has 0 saturated carbocycles. The number of rotatable bonds is 15. The third-order valence-electron chi connectivity index (χ3n) is 6.74. The van der Waals surface area contributed by atoms with Gasteiger partial charge in [0.15, 0.2) is 0 Å². The highest BCUT2D eigenvalue weighted by Gasteiger charge is 2.18. The number of anilines is 2. The van der Waals surface area contributed by atoms with Gasteiger partial charge in [0.25, 0.3) is 20.2 Å². The lowest BCUT2D eigenvalue weighted by atomic mass is 9.85. The molecule has 3 rings (SSSR count). The smallest absolute Gasteiger partial charge is 0.264 e. The van der Waals surface area contributed by atoms with Crippen molar-refractivity contribution in [2.75, 3.05) is 47.5 Å². The third kappa shape index (κ3) is 9.65. The largest absolute Gasteiger partial charge is 0.372 e. The van der Waals surface area contributed by atoms with Gasteiger partial charge in [-0.3, -0.25) is 9.11 Å². The first-order valence-corrected chi connectivity index (χ1v) is 16.4. The molecule has 10 heteroatoms. The normalized spacial score (nSPS) is 12.0. The first-order chi connectivity index (χ1) is 18.5. The molecule has 2 N–H and O–H groups in total. The Labute approximate surface area is 232 Å². The van der Waals surface area contributed by atoms with E-state index in [1.807, 2.05) is 56.3 Å². The number of benzene rings is 3. The van der Waals surface area contributed by atoms with Crippen LogP contribution in [0.25, 0.3) is 0 Å². The maximum absolute atomic E-state index is 11.1. The molecule has 8 nitrogen and oxygen atoms in total. The van der Waals surface area contributed by atoms with Gasteiger partial charge >= 0.3 is 0 Å². The molecule has 0 aliphatic rings. The van der Waals surface area contributed by atoms with Gasteiger partial charge in [-0.1, -0.05) is 54.6 Å². The second-order valence-electron chi connectivity index (χ2n) is 9.47. The molecule has 0 spiro atoms. The molecule has 0 aromatic heterocycles. The van der Waals surface area contributed by atoms with E-state index in [9.17, 15) is 16.8 Å². The minimum atomic E-state index is -3.97. The zero-order chi connectivity index (χ0) is 28.5. The molecular weight excluding hydrogens is 536 g/mol. The molecule has 39 heavy (non-hydrogen) atoms. The lowest BCUT2D eigenvalue weighted by molar-refractivity contribution is 0.478.